The molecule has 18 heavy (non-hydrogen) atoms. The highest BCUT2D eigenvalue weighted by atomic mass is 32.1. The second kappa shape index (κ2) is 6.51. The van der Waals surface area contributed by atoms with E-state index >= 15 is 0 Å². The summed E-state index contributed by atoms with van der Waals surface area (Å²) in [5, 5.41) is 4.25. The highest BCUT2D eigenvalue weighted by Gasteiger charge is 2.27. The Hall–Kier alpha value is -0.630. The molecule has 0 saturated heterocycles. The molecule has 0 spiro atoms. The number of Topliss-reactive ketones (excluding diaryl/α,β-unsaturated/α-hetero) is 1. The zero-order valence-corrected chi connectivity index (χ0v) is 12.3. The quantitative estimate of drug-likeness (QED) is 0.752. The first-order valence-corrected chi connectivity index (χ1v) is 8.15. The van der Waals surface area contributed by atoms with Crippen LogP contribution in [-0.4, -0.2) is 5.78 Å². The lowest BCUT2D eigenvalue weighted by molar-refractivity contribution is -0.124. The monoisotopic (exact) mass is 264 g/mol. The number of carbonyl (C=O) groups is 1. The van der Waals surface area contributed by atoms with E-state index in [9.17, 15) is 4.79 Å². The Morgan fingerprint density at radius 2 is 2.06 bits per heavy atom. The third-order valence-corrected chi connectivity index (χ3v) is 5.14. The van der Waals surface area contributed by atoms with Gasteiger partial charge in [0.2, 0.25) is 0 Å². The van der Waals surface area contributed by atoms with Crippen molar-refractivity contribution >= 4 is 17.1 Å². The molecule has 0 N–H and O–H groups in total. The molecule has 1 saturated carbocycles. The van der Waals surface area contributed by atoms with Crippen LogP contribution in [0.1, 0.15) is 51.5 Å². The number of ketones is 1. The molecule has 1 aliphatic rings. The van der Waals surface area contributed by atoms with Gasteiger partial charge in [-0.3, -0.25) is 4.79 Å². The highest BCUT2D eigenvalue weighted by Crippen LogP contribution is 2.34. The first-order chi connectivity index (χ1) is 8.66. The number of carbonyl (C=O) groups excluding carboxylic acids is 1. The Morgan fingerprint density at radius 1 is 1.33 bits per heavy atom. The summed E-state index contributed by atoms with van der Waals surface area (Å²) in [7, 11) is 0. The molecule has 1 aromatic rings. The van der Waals surface area contributed by atoms with Crippen LogP contribution in [0.5, 0.6) is 0 Å². The maximum absolute atomic E-state index is 12.2. The molecule has 0 radical (unpaired) electrons. The van der Waals surface area contributed by atoms with Gasteiger partial charge in [0, 0.05) is 12.3 Å². The topological polar surface area (TPSA) is 17.1 Å². The van der Waals surface area contributed by atoms with E-state index in [1.54, 1.807) is 11.3 Å². The third-order valence-electron chi connectivity index (χ3n) is 4.41. The van der Waals surface area contributed by atoms with Gasteiger partial charge in [-0.1, -0.05) is 13.8 Å². The highest BCUT2D eigenvalue weighted by molar-refractivity contribution is 7.07. The normalized spacial score (nSPS) is 24.4. The van der Waals surface area contributed by atoms with Crippen molar-refractivity contribution in [1.82, 2.24) is 0 Å². The lowest BCUT2D eigenvalue weighted by atomic mass is 9.75. The first kappa shape index (κ1) is 13.8. The van der Waals surface area contributed by atoms with Crippen LogP contribution in [0.3, 0.4) is 0 Å². The lowest BCUT2D eigenvalue weighted by Gasteiger charge is -2.30. The summed E-state index contributed by atoms with van der Waals surface area (Å²) in [6, 6.07) is 2.13. The Balaban J connectivity index is 1.74. The summed E-state index contributed by atoms with van der Waals surface area (Å²) in [6.45, 7) is 4.62. The van der Waals surface area contributed by atoms with Gasteiger partial charge in [0.05, 0.1) is 0 Å². The molecule has 0 amide bonds. The Kier molecular flexibility index (Phi) is 4.99. The molecule has 0 aliphatic heterocycles. The van der Waals surface area contributed by atoms with Crippen LogP contribution in [0, 0.1) is 17.8 Å². The lowest BCUT2D eigenvalue weighted by Crippen LogP contribution is -2.24. The molecular formula is C16H24OS. The largest absolute Gasteiger partial charge is 0.299 e. The fourth-order valence-corrected chi connectivity index (χ4v) is 3.72. The third kappa shape index (κ3) is 3.68. The van der Waals surface area contributed by atoms with Gasteiger partial charge in [-0.25, -0.2) is 0 Å². The predicted octanol–water partition coefficient (Wildman–Crippen LogP) is 4.71. The van der Waals surface area contributed by atoms with Crippen molar-refractivity contribution in [3.63, 3.8) is 0 Å². The van der Waals surface area contributed by atoms with E-state index in [2.05, 4.69) is 30.7 Å². The van der Waals surface area contributed by atoms with E-state index in [4.69, 9.17) is 0 Å². The molecular weight excluding hydrogens is 240 g/mol. The first-order valence-electron chi connectivity index (χ1n) is 7.20. The summed E-state index contributed by atoms with van der Waals surface area (Å²) >= 11 is 1.72. The maximum Gasteiger partial charge on any atom is 0.136 e. The van der Waals surface area contributed by atoms with Crippen molar-refractivity contribution in [3.05, 3.63) is 22.4 Å². The summed E-state index contributed by atoms with van der Waals surface area (Å²) in [5.74, 6) is 2.50. The van der Waals surface area contributed by atoms with Crippen molar-refractivity contribution in [2.75, 3.05) is 0 Å². The minimum Gasteiger partial charge on any atom is -0.299 e. The van der Waals surface area contributed by atoms with Crippen LogP contribution in [-0.2, 0) is 11.2 Å². The predicted molar refractivity (Wildman–Crippen MR) is 77.9 cm³/mol. The van der Waals surface area contributed by atoms with Gasteiger partial charge in [-0.2, -0.15) is 11.3 Å². The number of thiophene rings is 1. The maximum atomic E-state index is 12.2. The van der Waals surface area contributed by atoms with Crippen molar-refractivity contribution in [2.45, 2.75) is 52.4 Å². The van der Waals surface area contributed by atoms with Crippen LogP contribution in [0.15, 0.2) is 16.8 Å². The average Bonchev–Trinajstić information content (AvgIpc) is 2.89. The van der Waals surface area contributed by atoms with Gasteiger partial charge in [0.15, 0.2) is 0 Å². The summed E-state index contributed by atoms with van der Waals surface area (Å²) < 4.78 is 0. The van der Waals surface area contributed by atoms with E-state index in [0.717, 1.165) is 37.5 Å². The van der Waals surface area contributed by atoms with Crippen molar-refractivity contribution < 1.29 is 4.79 Å². The molecule has 0 unspecified atom stereocenters. The molecule has 2 rings (SSSR count). The molecule has 0 bridgehead atoms. The second-order valence-electron chi connectivity index (χ2n) is 5.95. The van der Waals surface area contributed by atoms with Crippen molar-refractivity contribution in [3.8, 4) is 0 Å². The van der Waals surface area contributed by atoms with Crippen LogP contribution in [0.25, 0.3) is 0 Å². The zero-order valence-electron chi connectivity index (χ0n) is 11.5. The van der Waals surface area contributed by atoms with E-state index in [0.29, 0.717) is 11.7 Å². The Labute approximate surface area is 115 Å². The summed E-state index contributed by atoms with van der Waals surface area (Å²) in [4.78, 5) is 12.2. The molecule has 100 valence electrons. The van der Waals surface area contributed by atoms with Gasteiger partial charge in [0.1, 0.15) is 5.78 Å². The smallest absolute Gasteiger partial charge is 0.136 e. The molecule has 0 aromatic carbocycles. The zero-order chi connectivity index (χ0) is 13.0. The van der Waals surface area contributed by atoms with Crippen LogP contribution in [0.2, 0.25) is 0 Å². The van der Waals surface area contributed by atoms with Crippen molar-refractivity contribution in [1.29, 1.82) is 0 Å². The molecule has 1 heterocycles. The summed E-state index contributed by atoms with van der Waals surface area (Å²) in [6.07, 6.45) is 6.45. The minimum absolute atomic E-state index is 0.360. The van der Waals surface area contributed by atoms with Crippen LogP contribution >= 0.6 is 11.3 Å². The number of aryl methyl sites for hydroxylation is 1. The molecule has 0 atom stereocenters. The molecule has 1 nitrogen and oxygen atoms in total. The molecule has 1 aliphatic carbocycles. The SMILES string of the molecule is CC(C)C1CCC(C(=O)CCc2ccsc2)CC1. The Morgan fingerprint density at radius 3 is 2.61 bits per heavy atom. The van der Waals surface area contributed by atoms with Crippen molar-refractivity contribution in [2.24, 2.45) is 17.8 Å². The van der Waals surface area contributed by atoms with E-state index in [1.807, 2.05) is 0 Å². The van der Waals surface area contributed by atoms with E-state index in [-0.39, 0.29) is 0 Å². The van der Waals surface area contributed by atoms with Gasteiger partial charge in [-0.15, -0.1) is 0 Å². The van der Waals surface area contributed by atoms with Gasteiger partial charge >= 0.3 is 0 Å². The standard InChI is InChI=1S/C16H24OS/c1-12(2)14-4-6-15(7-5-14)16(17)8-3-13-9-10-18-11-13/h9-12,14-15H,3-8H2,1-2H3. The van der Waals surface area contributed by atoms with Gasteiger partial charge in [0.25, 0.3) is 0 Å². The molecule has 1 fully saturated rings. The minimum atomic E-state index is 0.360. The number of hydrogen-bond donors (Lipinski definition) is 0. The second-order valence-corrected chi connectivity index (χ2v) is 6.73. The van der Waals surface area contributed by atoms with E-state index in [1.165, 1.54) is 18.4 Å². The average molecular weight is 264 g/mol. The van der Waals surface area contributed by atoms with Crippen LogP contribution < -0.4 is 0 Å². The van der Waals surface area contributed by atoms with Crippen LogP contribution in [0.4, 0.5) is 0 Å². The fraction of sp³-hybridized carbons (Fsp3) is 0.688. The molecule has 1 aromatic heterocycles. The molecule has 2 heteroatoms. The van der Waals surface area contributed by atoms with Gasteiger partial charge in [-0.05, 0) is 66.3 Å². The van der Waals surface area contributed by atoms with E-state index < -0.39 is 0 Å². The van der Waals surface area contributed by atoms with Gasteiger partial charge < -0.3 is 0 Å². The Bertz CT molecular complexity index is 358. The summed E-state index contributed by atoms with van der Waals surface area (Å²) in [5.41, 5.74) is 1.32. The fourth-order valence-electron chi connectivity index (χ4n) is 3.01. The number of rotatable bonds is 5. The number of hydrogen-bond acceptors (Lipinski definition) is 2.